The number of carbonyl (C=O) groups is 1. The van der Waals surface area contributed by atoms with E-state index >= 15 is 0 Å². The second kappa shape index (κ2) is 8.26. The Morgan fingerprint density at radius 3 is 2.74 bits per heavy atom. The lowest BCUT2D eigenvalue weighted by molar-refractivity contribution is -0.128. The molecule has 1 saturated heterocycles. The molecule has 0 spiro atoms. The van der Waals surface area contributed by atoms with E-state index in [1.54, 1.807) is 18.0 Å². The summed E-state index contributed by atoms with van der Waals surface area (Å²) in [5, 5.41) is 9.12. The molecule has 0 radical (unpaired) electrons. The normalized spacial score (nSPS) is 18.3. The highest BCUT2D eigenvalue weighted by Gasteiger charge is 2.32. The minimum absolute atomic E-state index is 0.0463. The Morgan fingerprint density at radius 1 is 1.37 bits per heavy atom. The second-order valence-electron chi connectivity index (χ2n) is 6.42. The van der Waals surface area contributed by atoms with Gasteiger partial charge in [-0.25, -0.2) is 8.42 Å². The molecule has 0 unspecified atom stereocenters. The Labute approximate surface area is 163 Å². The van der Waals surface area contributed by atoms with Gasteiger partial charge < -0.3 is 4.90 Å². The number of hydrogen-bond acceptors (Lipinski definition) is 6. The van der Waals surface area contributed by atoms with Crippen LogP contribution in [0.3, 0.4) is 0 Å². The lowest BCUT2D eigenvalue weighted by atomic mass is 10.2. The van der Waals surface area contributed by atoms with Crippen LogP contribution in [0.25, 0.3) is 11.4 Å². The summed E-state index contributed by atoms with van der Waals surface area (Å²) in [5.74, 6) is 0.982. The van der Waals surface area contributed by atoms with Crippen LogP contribution in [0.1, 0.15) is 6.42 Å². The van der Waals surface area contributed by atoms with Crippen LogP contribution >= 0.6 is 11.8 Å². The number of carbonyl (C=O) groups excluding carboxylic acids is 1. The fraction of sp³-hybridized carbons (Fsp3) is 0.389. The first kappa shape index (κ1) is 19.6. The molecule has 1 amide bonds. The van der Waals surface area contributed by atoms with E-state index in [4.69, 9.17) is 0 Å². The summed E-state index contributed by atoms with van der Waals surface area (Å²) in [7, 11) is -1.36. The smallest absolute Gasteiger partial charge is 0.233 e. The van der Waals surface area contributed by atoms with Gasteiger partial charge in [0.1, 0.15) is 0 Å². The number of benzene rings is 1. The quantitative estimate of drug-likeness (QED) is 0.515. The summed E-state index contributed by atoms with van der Waals surface area (Å²) in [6.07, 6.45) is 2.26. The molecule has 0 N–H and O–H groups in total. The Bertz CT molecular complexity index is 925. The molecule has 1 aromatic carbocycles. The van der Waals surface area contributed by atoms with Gasteiger partial charge in [-0.2, -0.15) is 0 Å². The highest BCUT2D eigenvalue weighted by atomic mass is 32.2. The van der Waals surface area contributed by atoms with Crippen molar-refractivity contribution >= 4 is 27.5 Å². The van der Waals surface area contributed by atoms with Crippen molar-refractivity contribution in [2.24, 2.45) is 0 Å². The van der Waals surface area contributed by atoms with Gasteiger partial charge in [0.05, 0.1) is 17.3 Å². The second-order valence-corrected chi connectivity index (χ2v) is 9.59. The average Bonchev–Trinajstić information content (AvgIpc) is 3.23. The van der Waals surface area contributed by atoms with Crippen LogP contribution in [-0.4, -0.2) is 64.3 Å². The van der Waals surface area contributed by atoms with E-state index in [0.29, 0.717) is 18.1 Å². The van der Waals surface area contributed by atoms with Crippen LogP contribution in [0.15, 0.2) is 48.1 Å². The zero-order chi connectivity index (χ0) is 19.4. The van der Waals surface area contributed by atoms with Gasteiger partial charge in [-0.3, -0.25) is 9.36 Å². The maximum absolute atomic E-state index is 12.5. The van der Waals surface area contributed by atoms with E-state index in [9.17, 15) is 13.2 Å². The standard InChI is InChI=1S/C18H22N4O3S2/c1-3-10-22-17(14-7-5-4-6-8-14)19-20-18(22)26-12-16(23)21(2)15-9-11-27(24,25)13-15/h3-8,15H,1,9-13H2,2H3/t15-/m1/s1. The molecule has 9 heteroatoms. The van der Waals surface area contributed by atoms with Crippen LogP contribution in [0.4, 0.5) is 0 Å². The number of allylic oxidation sites excluding steroid dienone is 1. The molecule has 2 aromatic rings. The van der Waals surface area contributed by atoms with Crippen molar-refractivity contribution in [1.82, 2.24) is 19.7 Å². The summed E-state index contributed by atoms with van der Waals surface area (Å²) < 4.78 is 25.2. The van der Waals surface area contributed by atoms with Crippen LogP contribution < -0.4 is 0 Å². The average molecular weight is 407 g/mol. The summed E-state index contributed by atoms with van der Waals surface area (Å²) >= 11 is 1.30. The molecule has 144 valence electrons. The lowest BCUT2D eigenvalue weighted by Gasteiger charge is -2.23. The van der Waals surface area contributed by atoms with Crippen molar-refractivity contribution in [3.63, 3.8) is 0 Å². The predicted octanol–water partition coefficient (Wildman–Crippen LogP) is 1.87. The van der Waals surface area contributed by atoms with E-state index in [1.807, 2.05) is 34.9 Å². The number of aromatic nitrogens is 3. The molecule has 2 heterocycles. The molecule has 1 aromatic heterocycles. The molecular formula is C18H22N4O3S2. The summed E-state index contributed by atoms with van der Waals surface area (Å²) in [6, 6.07) is 9.47. The molecule has 1 aliphatic heterocycles. The maximum atomic E-state index is 12.5. The lowest BCUT2D eigenvalue weighted by Crippen LogP contribution is -2.38. The third-order valence-electron chi connectivity index (χ3n) is 4.53. The van der Waals surface area contributed by atoms with E-state index in [0.717, 1.165) is 11.4 Å². The molecule has 0 saturated carbocycles. The summed E-state index contributed by atoms with van der Waals surface area (Å²) in [4.78, 5) is 14.0. The van der Waals surface area contributed by atoms with Gasteiger partial charge in [-0.15, -0.1) is 16.8 Å². The number of hydrogen-bond donors (Lipinski definition) is 0. The first-order valence-electron chi connectivity index (χ1n) is 8.59. The third kappa shape index (κ3) is 4.59. The van der Waals surface area contributed by atoms with Crippen molar-refractivity contribution in [3.05, 3.63) is 43.0 Å². The third-order valence-corrected chi connectivity index (χ3v) is 7.24. The van der Waals surface area contributed by atoms with Gasteiger partial charge in [0.2, 0.25) is 5.91 Å². The Morgan fingerprint density at radius 2 is 2.11 bits per heavy atom. The van der Waals surface area contributed by atoms with Crippen molar-refractivity contribution < 1.29 is 13.2 Å². The Hall–Kier alpha value is -2.13. The molecule has 1 aliphatic rings. The van der Waals surface area contributed by atoms with E-state index in [1.165, 1.54) is 11.8 Å². The number of nitrogens with zero attached hydrogens (tertiary/aromatic N) is 4. The molecule has 1 atom stereocenters. The number of amides is 1. The van der Waals surface area contributed by atoms with Gasteiger partial charge in [0, 0.05) is 25.2 Å². The number of sulfone groups is 1. The van der Waals surface area contributed by atoms with Gasteiger partial charge in [-0.1, -0.05) is 48.2 Å². The Kier molecular flexibility index (Phi) is 6.01. The molecule has 3 rings (SSSR count). The van der Waals surface area contributed by atoms with Crippen molar-refractivity contribution in [2.45, 2.75) is 24.2 Å². The molecule has 7 nitrogen and oxygen atoms in total. The highest BCUT2D eigenvalue weighted by molar-refractivity contribution is 7.99. The molecule has 27 heavy (non-hydrogen) atoms. The fourth-order valence-electron chi connectivity index (χ4n) is 3.00. The fourth-order valence-corrected chi connectivity index (χ4v) is 5.65. The van der Waals surface area contributed by atoms with Crippen LogP contribution in [0.2, 0.25) is 0 Å². The minimum Gasteiger partial charge on any atom is -0.341 e. The van der Waals surface area contributed by atoms with Crippen molar-refractivity contribution in [3.8, 4) is 11.4 Å². The molecule has 0 bridgehead atoms. The SMILES string of the molecule is C=CCn1c(SCC(=O)N(C)[C@@H]2CCS(=O)(=O)C2)nnc1-c1ccccc1. The maximum Gasteiger partial charge on any atom is 0.233 e. The monoisotopic (exact) mass is 406 g/mol. The molecular weight excluding hydrogens is 384 g/mol. The number of thioether (sulfide) groups is 1. The Balaban J connectivity index is 1.70. The van der Waals surface area contributed by atoms with E-state index in [2.05, 4.69) is 16.8 Å². The van der Waals surface area contributed by atoms with Crippen molar-refractivity contribution in [1.29, 1.82) is 0 Å². The van der Waals surface area contributed by atoms with Gasteiger partial charge in [0.25, 0.3) is 0 Å². The van der Waals surface area contributed by atoms with Gasteiger partial charge in [-0.05, 0) is 6.42 Å². The zero-order valence-electron chi connectivity index (χ0n) is 15.1. The minimum atomic E-state index is -3.02. The van der Waals surface area contributed by atoms with Gasteiger partial charge in [0.15, 0.2) is 20.8 Å². The van der Waals surface area contributed by atoms with Crippen LogP contribution in [0, 0.1) is 0 Å². The zero-order valence-corrected chi connectivity index (χ0v) is 16.7. The largest absolute Gasteiger partial charge is 0.341 e. The van der Waals surface area contributed by atoms with Crippen LogP contribution in [0.5, 0.6) is 0 Å². The molecule has 1 fully saturated rings. The first-order chi connectivity index (χ1) is 12.9. The number of rotatable bonds is 7. The van der Waals surface area contributed by atoms with Gasteiger partial charge >= 0.3 is 0 Å². The topological polar surface area (TPSA) is 85.2 Å². The van der Waals surface area contributed by atoms with E-state index in [-0.39, 0.29) is 29.2 Å². The van der Waals surface area contributed by atoms with Crippen LogP contribution in [-0.2, 0) is 21.2 Å². The summed E-state index contributed by atoms with van der Waals surface area (Å²) in [6.45, 7) is 4.32. The highest BCUT2D eigenvalue weighted by Crippen LogP contribution is 2.25. The van der Waals surface area contributed by atoms with Crippen molar-refractivity contribution in [2.75, 3.05) is 24.3 Å². The molecule has 0 aliphatic carbocycles. The summed E-state index contributed by atoms with van der Waals surface area (Å²) in [5.41, 5.74) is 0.943. The predicted molar refractivity (Wildman–Crippen MR) is 106 cm³/mol. The van der Waals surface area contributed by atoms with E-state index < -0.39 is 9.84 Å². The first-order valence-corrected chi connectivity index (χ1v) is 11.4.